The molecule has 23 heavy (non-hydrogen) atoms. The molecule has 1 amide bonds. The van der Waals surface area contributed by atoms with E-state index in [0.29, 0.717) is 12.3 Å². The summed E-state index contributed by atoms with van der Waals surface area (Å²) >= 11 is 1.88. The molecule has 1 aliphatic heterocycles. The van der Waals surface area contributed by atoms with E-state index in [2.05, 4.69) is 0 Å². The minimum atomic E-state index is -0.827. The van der Waals surface area contributed by atoms with E-state index in [-0.39, 0.29) is 11.8 Å². The van der Waals surface area contributed by atoms with Crippen LogP contribution in [0.4, 0.5) is 0 Å². The predicted octanol–water partition coefficient (Wildman–Crippen LogP) is 2.45. The Labute approximate surface area is 139 Å². The van der Waals surface area contributed by atoms with Gasteiger partial charge in [0.1, 0.15) is 0 Å². The molecule has 5 nitrogen and oxygen atoms in total. The van der Waals surface area contributed by atoms with Crippen LogP contribution in [0.1, 0.15) is 53.6 Å². The van der Waals surface area contributed by atoms with Crippen LogP contribution in [0, 0.1) is 11.8 Å². The number of rotatable bonds is 3. The van der Waals surface area contributed by atoms with Crippen LogP contribution in [0.5, 0.6) is 0 Å². The van der Waals surface area contributed by atoms with E-state index in [4.69, 9.17) is 10.1 Å². The number of carboxylic acids is 1. The van der Waals surface area contributed by atoms with Gasteiger partial charge >= 0.3 is 5.97 Å². The topological polar surface area (TPSA) is 70.5 Å². The van der Waals surface area contributed by atoms with Crippen LogP contribution in [-0.2, 0) is 22.4 Å². The second-order valence-electron chi connectivity index (χ2n) is 7.02. The highest BCUT2D eigenvalue weighted by atomic mass is 32.1. The number of hydrogen-bond acceptors (Lipinski definition) is 4. The summed E-state index contributed by atoms with van der Waals surface area (Å²) in [6, 6.07) is 0. The molecule has 2 unspecified atom stereocenters. The lowest BCUT2D eigenvalue weighted by atomic mass is 9.97. The number of carbonyl (C=O) groups excluding carboxylic acids is 1. The first-order valence-corrected chi connectivity index (χ1v) is 9.45. The zero-order valence-electron chi connectivity index (χ0n) is 13.2. The molecule has 1 saturated heterocycles. The highest BCUT2D eigenvalue weighted by molar-refractivity contribution is 7.11. The average molecular weight is 334 g/mol. The lowest BCUT2D eigenvalue weighted by Crippen LogP contribution is -2.39. The van der Waals surface area contributed by atoms with Gasteiger partial charge in [0.15, 0.2) is 0 Å². The minimum absolute atomic E-state index is 0.0503. The van der Waals surface area contributed by atoms with E-state index in [1.54, 1.807) is 0 Å². The second kappa shape index (κ2) is 5.89. The molecule has 2 aliphatic carbocycles. The summed E-state index contributed by atoms with van der Waals surface area (Å²) < 4.78 is 0. The fourth-order valence-electron chi connectivity index (χ4n) is 3.87. The lowest BCUT2D eigenvalue weighted by Gasteiger charge is -2.31. The first kappa shape index (κ1) is 15.1. The Morgan fingerprint density at radius 1 is 1.13 bits per heavy atom. The number of carboxylic acid groups (broad SMARTS) is 1. The van der Waals surface area contributed by atoms with E-state index in [0.717, 1.165) is 32.4 Å². The fraction of sp³-hybridized carbons (Fsp3) is 0.706. The number of hydrogen-bond donors (Lipinski definition) is 1. The van der Waals surface area contributed by atoms with Crippen LogP contribution in [-0.4, -0.2) is 40.0 Å². The standard InChI is InChI=1S/C17H22N2O3S/c20-16(11-9-12(11)17(21)22)19-7-5-10(6-8-19)15-18-13-3-1-2-4-14(13)23-15/h10-12H,1-9H2,(H,21,22). The van der Waals surface area contributed by atoms with Gasteiger partial charge in [-0.2, -0.15) is 0 Å². The van der Waals surface area contributed by atoms with Crippen molar-refractivity contribution in [2.75, 3.05) is 13.1 Å². The number of aromatic nitrogens is 1. The van der Waals surface area contributed by atoms with Gasteiger partial charge in [-0.25, -0.2) is 4.98 Å². The second-order valence-corrected chi connectivity index (χ2v) is 8.13. The average Bonchev–Trinajstić information content (AvgIpc) is 3.26. The zero-order valence-corrected chi connectivity index (χ0v) is 14.0. The normalized spacial score (nSPS) is 27.6. The maximum Gasteiger partial charge on any atom is 0.307 e. The molecule has 0 radical (unpaired) electrons. The maximum absolute atomic E-state index is 12.3. The van der Waals surface area contributed by atoms with Gasteiger partial charge in [-0.1, -0.05) is 0 Å². The van der Waals surface area contributed by atoms with Crippen LogP contribution >= 0.6 is 11.3 Å². The Morgan fingerprint density at radius 2 is 1.87 bits per heavy atom. The number of piperidine rings is 1. The van der Waals surface area contributed by atoms with Gasteiger partial charge in [0.25, 0.3) is 0 Å². The minimum Gasteiger partial charge on any atom is -0.481 e. The van der Waals surface area contributed by atoms with Gasteiger partial charge in [0.2, 0.25) is 5.91 Å². The van der Waals surface area contributed by atoms with E-state index < -0.39 is 11.9 Å². The first-order valence-electron chi connectivity index (χ1n) is 8.63. The Morgan fingerprint density at radius 3 is 2.52 bits per heavy atom. The number of thiazole rings is 1. The Bertz CT molecular complexity index is 610. The molecule has 6 heteroatoms. The van der Waals surface area contributed by atoms with Crippen molar-refractivity contribution in [3.05, 3.63) is 15.6 Å². The molecule has 2 fully saturated rings. The largest absolute Gasteiger partial charge is 0.481 e. The summed E-state index contributed by atoms with van der Waals surface area (Å²) in [5, 5.41) is 10.2. The maximum atomic E-state index is 12.3. The van der Waals surface area contributed by atoms with Crippen molar-refractivity contribution in [3.8, 4) is 0 Å². The van der Waals surface area contributed by atoms with Gasteiger partial charge in [-0.3, -0.25) is 9.59 Å². The van der Waals surface area contributed by atoms with Crippen LogP contribution in [0.25, 0.3) is 0 Å². The van der Waals surface area contributed by atoms with E-state index in [1.807, 2.05) is 16.2 Å². The molecule has 1 aromatic heterocycles. The Balaban J connectivity index is 1.35. The van der Waals surface area contributed by atoms with Crippen molar-refractivity contribution < 1.29 is 14.7 Å². The van der Waals surface area contributed by atoms with Crippen molar-refractivity contribution in [1.29, 1.82) is 0 Å². The summed E-state index contributed by atoms with van der Waals surface area (Å²) in [6.45, 7) is 1.49. The van der Waals surface area contributed by atoms with Gasteiger partial charge in [-0.15, -0.1) is 11.3 Å². The SMILES string of the molecule is O=C(O)C1CC1C(=O)N1CCC(c2nc3c(s2)CCCC3)CC1. The third-order valence-electron chi connectivity index (χ3n) is 5.44. The van der Waals surface area contributed by atoms with E-state index in [1.165, 1.54) is 34.8 Å². The molecule has 1 saturated carbocycles. The zero-order chi connectivity index (χ0) is 16.0. The van der Waals surface area contributed by atoms with E-state index >= 15 is 0 Å². The highest BCUT2D eigenvalue weighted by Gasteiger charge is 2.50. The van der Waals surface area contributed by atoms with Crippen LogP contribution < -0.4 is 0 Å². The van der Waals surface area contributed by atoms with Crippen molar-refractivity contribution in [1.82, 2.24) is 9.88 Å². The van der Waals surface area contributed by atoms with Crippen molar-refractivity contribution in [3.63, 3.8) is 0 Å². The van der Waals surface area contributed by atoms with Crippen LogP contribution in [0.2, 0.25) is 0 Å². The van der Waals surface area contributed by atoms with Gasteiger partial charge in [-0.05, 0) is 44.9 Å². The van der Waals surface area contributed by atoms with Crippen molar-refractivity contribution in [2.45, 2.75) is 50.9 Å². The van der Waals surface area contributed by atoms with Crippen molar-refractivity contribution >= 4 is 23.2 Å². The molecule has 3 aliphatic rings. The molecule has 0 bridgehead atoms. The Hall–Kier alpha value is -1.43. The molecule has 2 atom stereocenters. The number of aryl methyl sites for hydroxylation is 2. The first-order chi connectivity index (χ1) is 11.1. The summed E-state index contributed by atoms with van der Waals surface area (Å²) in [5.41, 5.74) is 1.32. The molecule has 124 valence electrons. The van der Waals surface area contributed by atoms with Crippen LogP contribution in [0.3, 0.4) is 0 Å². The molecule has 1 N–H and O–H groups in total. The molecule has 0 spiro atoms. The fourth-order valence-corrected chi connectivity index (χ4v) is 5.19. The van der Waals surface area contributed by atoms with E-state index in [9.17, 15) is 9.59 Å². The molecule has 0 aromatic carbocycles. The number of amides is 1. The summed E-state index contributed by atoms with van der Waals surface area (Å²) in [4.78, 5) is 31.5. The lowest BCUT2D eigenvalue weighted by molar-refractivity contribution is -0.142. The van der Waals surface area contributed by atoms with Gasteiger partial charge in [0, 0.05) is 23.9 Å². The third kappa shape index (κ3) is 2.89. The predicted molar refractivity (Wildman–Crippen MR) is 86.5 cm³/mol. The van der Waals surface area contributed by atoms with Crippen LogP contribution in [0.15, 0.2) is 0 Å². The van der Waals surface area contributed by atoms with Gasteiger partial charge < -0.3 is 10.0 Å². The number of carbonyl (C=O) groups is 2. The summed E-state index contributed by atoms with van der Waals surface area (Å²) in [6.07, 6.45) is 7.30. The highest BCUT2D eigenvalue weighted by Crippen LogP contribution is 2.41. The third-order valence-corrected chi connectivity index (χ3v) is 6.76. The van der Waals surface area contributed by atoms with Crippen molar-refractivity contribution in [2.24, 2.45) is 11.8 Å². The molecular formula is C17H22N2O3S. The molecule has 4 rings (SSSR count). The smallest absolute Gasteiger partial charge is 0.307 e. The monoisotopic (exact) mass is 334 g/mol. The quantitative estimate of drug-likeness (QED) is 0.922. The summed E-state index contributed by atoms with van der Waals surface area (Å²) in [7, 11) is 0. The number of likely N-dealkylation sites (tertiary alicyclic amines) is 1. The number of aliphatic carboxylic acids is 1. The molecule has 1 aromatic rings. The molecular weight excluding hydrogens is 312 g/mol. The van der Waals surface area contributed by atoms with Gasteiger partial charge in [0.05, 0.1) is 22.5 Å². The summed E-state index contributed by atoms with van der Waals surface area (Å²) in [5.74, 6) is -1.01. The molecule has 2 heterocycles. The Kier molecular flexibility index (Phi) is 3.87. The number of fused-ring (bicyclic) bond motifs is 1. The number of nitrogens with zero attached hydrogens (tertiary/aromatic N) is 2.